The van der Waals surface area contributed by atoms with Crippen LogP contribution in [0.25, 0.3) is 0 Å². The highest BCUT2D eigenvalue weighted by molar-refractivity contribution is 6.03. The molecule has 0 fully saturated rings. The standard InChI is InChI=1S/C17H18N4O2/c1-17(2)8-13(12-7-16(23)21-20-14(12)9-17)19-18-10-11-5-3-4-6-15(11)22/h3-7,10,22H,8-9H2,1-2H3,(H,21,23)/b18-10+,19-13-. The van der Waals surface area contributed by atoms with Gasteiger partial charge in [0.2, 0.25) is 0 Å². The zero-order chi connectivity index (χ0) is 16.4. The first-order valence-electron chi connectivity index (χ1n) is 7.41. The van der Waals surface area contributed by atoms with E-state index >= 15 is 0 Å². The lowest BCUT2D eigenvalue weighted by Crippen LogP contribution is -2.30. The van der Waals surface area contributed by atoms with Gasteiger partial charge in [0.05, 0.1) is 17.6 Å². The lowest BCUT2D eigenvalue weighted by molar-refractivity contribution is 0.365. The highest BCUT2D eigenvalue weighted by atomic mass is 16.3. The summed E-state index contributed by atoms with van der Waals surface area (Å²) < 4.78 is 0. The minimum Gasteiger partial charge on any atom is -0.507 e. The predicted molar refractivity (Wildman–Crippen MR) is 89.2 cm³/mol. The van der Waals surface area contributed by atoms with Crippen molar-refractivity contribution < 1.29 is 5.11 Å². The summed E-state index contributed by atoms with van der Waals surface area (Å²) in [5.74, 6) is 0.152. The van der Waals surface area contributed by atoms with Gasteiger partial charge in [0.15, 0.2) is 0 Å². The Morgan fingerprint density at radius 3 is 2.87 bits per heavy atom. The van der Waals surface area contributed by atoms with Gasteiger partial charge in [-0.15, -0.1) is 0 Å². The van der Waals surface area contributed by atoms with Crippen LogP contribution in [0.3, 0.4) is 0 Å². The van der Waals surface area contributed by atoms with Crippen molar-refractivity contribution >= 4 is 11.9 Å². The van der Waals surface area contributed by atoms with Gasteiger partial charge in [-0.05, 0) is 30.4 Å². The average Bonchev–Trinajstić information content (AvgIpc) is 2.49. The number of nitrogens with one attached hydrogen (secondary N) is 1. The third kappa shape index (κ3) is 3.36. The molecule has 0 saturated heterocycles. The molecule has 1 aromatic heterocycles. The van der Waals surface area contributed by atoms with Gasteiger partial charge in [0, 0.05) is 17.2 Å². The molecule has 118 valence electrons. The van der Waals surface area contributed by atoms with Crippen LogP contribution in [-0.4, -0.2) is 27.2 Å². The summed E-state index contributed by atoms with van der Waals surface area (Å²) in [7, 11) is 0. The molecule has 0 amide bonds. The Kier molecular flexibility index (Phi) is 3.82. The summed E-state index contributed by atoms with van der Waals surface area (Å²) >= 11 is 0. The van der Waals surface area contributed by atoms with Crippen molar-refractivity contribution in [1.29, 1.82) is 0 Å². The van der Waals surface area contributed by atoms with Crippen LogP contribution < -0.4 is 5.56 Å². The maximum Gasteiger partial charge on any atom is 0.264 e. The molecular formula is C17H18N4O2. The maximum absolute atomic E-state index is 11.5. The molecule has 1 aliphatic rings. The minimum atomic E-state index is -0.249. The van der Waals surface area contributed by atoms with Crippen LogP contribution in [0.1, 0.15) is 37.1 Å². The molecule has 0 spiro atoms. The largest absolute Gasteiger partial charge is 0.507 e. The molecule has 1 heterocycles. The van der Waals surface area contributed by atoms with E-state index in [2.05, 4.69) is 34.2 Å². The van der Waals surface area contributed by atoms with E-state index in [1.54, 1.807) is 18.2 Å². The fourth-order valence-electron chi connectivity index (χ4n) is 2.73. The third-order valence-corrected chi connectivity index (χ3v) is 3.80. The molecule has 0 saturated carbocycles. The van der Waals surface area contributed by atoms with E-state index in [1.165, 1.54) is 12.3 Å². The number of fused-ring (bicyclic) bond motifs is 1. The van der Waals surface area contributed by atoms with Gasteiger partial charge >= 0.3 is 0 Å². The number of H-pyrrole nitrogens is 1. The molecular weight excluding hydrogens is 292 g/mol. The number of aromatic amines is 1. The smallest absolute Gasteiger partial charge is 0.264 e. The SMILES string of the molecule is CC1(C)C/C(=N/N=C/c2ccccc2O)c2cc(=O)[nH]nc2C1. The fraction of sp³-hybridized carbons (Fsp3) is 0.294. The van der Waals surface area contributed by atoms with Gasteiger partial charge in [-0.3, -0.25) is 4.79 Å². The molecule has 0 aliphatic heterocycles. The van der Waals surface area contributed by atoms with Crippen LogP contribution in [0.15, 0.2) is 45.3 Å². The summed E-state index contributed by atoms with van der Waals surface area (Å²) in [5, 5.41) is 24.7. The lowest BCUT2D eigenvalue weighted by Gasteiger charge is -2.30. The summed E-state index contributed by atoms with van der Waals surface area (Å²) in [4.78, 5) is 11.5. The van der Waals surface area contributed by atoms with E-state index in [9.17, 15) is 9.90 Å². The van der Waals surface area contributed by atoms with E-state index in [0.717, 1.165) is 23.4 Å². The molecule has 2 N–H and O–H groups in total. The zero-order valence-corrected chi connectivity index (χ0v) is 13.1. The molecule has 0 atom stereocenters. The van der Waals surface area contributed by atoms with Crippen LogP contribution in [-0.2, 0) is 6.42 Å². The minimum absolute atomic E-state index is 0.00147. The zero-order valence-electron chi connectivity index (χ0n) is 13.1. The topological polar surface area (TPSA) is 90.7 Å². The first kappa shape index (κ1) is 15.1. The van der Waals surface area contributed by atoms with Gasteiger partial charge < -0.3 is 5.11 Å². The molecule has 6 nitrogen and oxygen atoms in total. The second-order valence-corrected chi connectivity index (χ2v) is 6.46. The lowest BCUT2D eigenvalue weighted by atomic mass is 9.75. The Morgan fingerprint density at radius 1 is 1.30 bits per heavy atom. The maximum atomic E-state index is 11.5. The average molecular weight is 310 g/mol. The van der Waals surface area contributed by atoms with Crippen molar-refractivity contribution in [3.05, 3.63) is 57.5 Å². The van der Waals surface area contributed by atoms with Gasteiger partial charge in [-0.25, -0.2) is 5.10 Å². The third-order valence-electron chi connectivity index (χ3n) is 3.80. The number of phenolic OH excluding ortho intramolecular Hbond substituents is 1. The molecule has 0 unspecified atom stereocenters. The van der Waals surface area contributed by atoms with Crippen LogP contribution in [0.2, 0.25) is 0 Å². The molecule has 1 aliphatic carbocycles. The fourth-order valence-corrected chi connectivity index (χ4v) is 2.73. The molecule has 1 aromatic carbocycles. The number of phenols is 1. The quantitative estimate of drug-likeness (QED) is 0.658. The molecule has 0 bridgehead atoms. The Balaban J connectivity index is 1.97. The second kappa shape index (κ2) is 5.79. The van der Waals surface area contributed by atoms with Crippen molar-refractivity contribution in [1.82, 2.24) is 10.2 Å². The van der Waals surface area contributed by atoms with Crippen molar-refractivity contribution in [3.63, 3.8) is 0 Å². The summed E-state index contributed by atoms with van der Waals surface area (Å²) in [6.07, 6.45) is 2.99. The van der Waals surface area contributed by atoms with E-state index in [4.69, 9.17) is 0 Å². The molecule has 6 heteroatoms. The van der Waals surface area contributed by atoms with E-state index in [1.807, 2.05) is 6.07 Å². The van der Waals surface area contributed by atoms with E-state index in [0.29, 0.717) is 12.0 Å². The second-order valence-electron chi connectivity index (χ2n) is 6.46. The van der Waals surface area contributed by atoms with Gasteiger partial charge in [-0.1, -0.05) is 26.0 Å². The molecule has 3 rings (SSSR count). The predicted octanol–water partition coefficient (Wildman–Crippen LogP) is 2.27. The van der Waals surface area contributed by atoms with Crippen LogP contribution in [0.5, 0.6) is 5.75 Å². The Bertz CT molecular complexity index is 850. The number of aromatic hydroxyl groups is 1. The van der Waals surface area contributed by atoms with E-state index < -0.39 is 0 Å². The van der Waals surface area contributed by atoms with Crippen molar-refractivity contribution in [3.8, 4) is 5.75 Å². The Morgan fingerprint density at radius 2 is 2.09 bits per heavy atom. The Labute approximate surface area is 133 Å². The summed E-state index contributed by atoms with van der Waals surface area (Å²) in [6.45, 7) is 4.26. The number of para-hydroxylation sites is 1. The van der Waals surface area contributed by atoms with Gasteiger partial charge in [0.25, 0.3) is 5.56 Å². The monoisotopic (exact) mass is 310 g/mol. The van der Waals surface area contributed by atoms with Crippen molar-refractivity contribution in [2.75, 3.05) is 0 Å². The van der Waals surface area contributed by atoms with Crippen molar-refractivity contribution in [2.24, 2.45) is 15.6 Å². The molecule has 23 heavy (non-hydrogen) atoms. The van der Waals surface area contributed by atoms with Crippen LogP contribution in [0, 0.1) is 5.41 Å². The summed E-state index contributed by atoms with van der Waals surface area (Å²) in [6, 6.07) is 8.43. The van der Waals surface area contributed by atoms with E-state index in [-0.39, 0.29) is 16.7 Å². The van der Waals surface area contributed by atoms with Gasteiger partial charge in [0.1, 0.15) is 5.75 Å². The number of rotatable bonds is 2. The van der Waals surface area contributed by atoms with Crippen LogP contribution >= 0.6 is 0 Å². The highest BCUT2D eigenvalue weighted by Crippen LogP contribution is 2.33. The number of hydrogen-bond acceptors (Lipinski definition) is 5. The number of benzene rings is 1. The molecule has 0 radical (unpaired) electrons. The van der Waals surface area contributed by atoms with Crippen LogP contribution in [0.4, 0.5) is 0 Å². The highest BCUT2D eigenvalue weighted by Gasteiger charge is 2.31. The Hall–Kier alpha value is -2.76. The van der Waals surface area contributed by atoms with Gasteiger partial charge in [-0.2, -0.15) is 15.3 Å². The first-order valence-corrected chi connectivity index (χ1v) is 7.41. The normalized spacial score (nSPS) is 18.3. The number of aromatic nitrogens is 2. The molecule has 2 aromatic rings. The van der Waals surface area contributed by atoms with Crippen molar-refractivity contribution in [2.45, 2.75) is 26.7 Å². The number of hydrogen-bond donors (Lipinski definition) is 2. The number of nitrogens with zero attached hydrogens (tertiary/aromatic N) is 3. The first-order chi connectivity index (χ1) is 10.9. The summed E-state index contributed by atoms with van der Waals surface area (Å²) in [5.41, 5.74) is 2.67.